The molecule has 0 amide bonds. The fourth-order valence-electron chi connectivity index (χ4n) is 1.57. The summed E-state index contributed by atoms with van der Waals surface area (Å²) in [5.41, 5.74) is 2.12. The Kier molecular flexibility index (Phi) is 4.50. The Balaban J connectivity index is 0.00000128. The highest BCUT2D eigenvalue weighted by molar-refractivity contribution is 5.20. The number of nitrogens with zero attached hydrogens (tertiary/aromatic N) is 1. The van der Waals surface area contributed by atoms with Crippen LogP contribution in [0.15, 0.2) is 48.7 Å². The second-order valence-electron chi connectivity index (χ2n) is 3.59. The van der Waals surface area contributed by atoms with Crippen LogP contribution in [-0.2, 0) is 6.54 Å². The molecule has 0 aliphatic rings. The second kappa shape index (κ2) is 5.66. The van der Waals surface area contributed by atoms with E-state index in [1.54, 1.807) is 6.07 Å². The van der Waals surface area contributed by atoms with Crippen LogP contribution in [0.5, 0.6) is 5.75 Å². The summed E-state index contributed by atoms with van der Waals surface area (Å²) in [5, 5.41) is 9.56. The Hall–Kier alpha value is -1.35. The molecule has 1 aromatic heterocycles. The van der Waals surface area contributed by atoms with Crippen molar-refractivity contribution in [1.82, 2.24) is 0 Å². The molecule has 84 valence electrons. The molecular formula is C13H14BrNO. The van der Waals surface area contributed by atoms with Gasteiger partial charge in [0.1, 0.15) is 0 Å². The van der Waals surface area contributed by atoms with E-state index in [4.69, 9.17) is 0 Å². The predicted octanol–water partition coefficient (Wildman–Crippen LogP) is -0.960. The molecule has 0 aliphatic carbocycles. The van der Waals surface area contributed by atoms with Gasteiger partial charge in [-0.3, -0.25) is 0 Å². The van der Waals surface area contributed by atoms with Crippen molar-refractivity contribution in [1.29, 1.82) is 0 Å². The van der Waals surface area contributed by atoms with Crippen molar-refractivity contribution in [3.63, 3.8) is 0 Å². The van der Waals surface area contributed by atoms with E-state index >= 15 is 0 Å². The third-order valence-corrected chi connectivity index (χ3v) is 2.52. The van der Waals surface area contributed by atoms with Gasteiger partial charge in [0.25, 0.3) is 0 Å². The van der Waals surface area contributed by atoms with Gasteiger partial charge in [0.15, 0.2) is 18.5 Å². The number of benzene rings is 1. The first-order chi connectivity index (χ1) is 7.27. The summed E-state index contributed by atoms with van der Waals surface area (Å²) in [6.45, 7) is 2.71. The summed E-state index contributed by atoms with van der Waals surface area (Å²) in [6.07, 6.45) is 1.97. The van der Waals surface area contributed by atoms with Gasteiger partial charge >= 0.3 is 0 Å². The number of halogens is 1. The first kappa shape index (κ1) is 12.7. The average Bonchev–Trinajstić information content (AvgIpc) is 2.26. The lowest BCUT2D eigenvalue weighted by atomic mass is 10.2. The summed E-state index contributed by atoms with van der Waals surface area (Å²) < 4.78 is 2.03. The standard InChI is InChI=1S/C13H13NO.BrH/c1-11-13(15)8-5-9-14(11)10-12-6-3-2-4-7-12;/h2-9H,10H2,1H3;1H. The van der Waals surface area contributed by atoms with Gasteiger partial charge in [-0.05, 0) is 6.07 Å². The third-order valence-electron chi connectivity index (χ3n) is 2.52. The second-order valence-corrected chi connectivity index (χ2v) is 3.59. The van der Waals surface area contributed by atoms with Gasteiger partial charge in [-0.1, -0.05) is 30.3 Å². The van der Waals surface area contributed by atoms with Gasteiger partial charge in [-0.15, -0.1) is 0 Å². The third kappa shape index (κ3) is 2.83. The maximum absolute atomic E-state index is 9.56. The number of aromatic nitrogens is 1. The normalized spacial score (nSPS) is 9.56. The number of rotatable bonds is 2. The molecule has 2 rings (SSSR count). The van der Waals surface area contributed by atoms with Crippen molar-refractivity contribution in [2.45, 2.75) is 13.5 Å². The van der Waals surface area contributed by atoms with Gasteiger partial charge in [0, 0.05) is 18.6 Å². The summed E-state index contributed by atoms with van der Waals surface area (Å²) >= 11 is 0. The number of aromatic hydroxyl groups is 1. The van der Waals surface area contributed by atoms with Crippen molar-refractivity contribution in [2.75, 3.05) is 0 Å². The smallest absolute Gasteiger partial charge is 0.220 e. The lowest BCUT2D eigenvalue weighted by molar-refractivity contribution is -0.694. The zero-order valence-electron chi connectivity index (χ0n) is 9.10. The predicted molar refractivity (Wildman–Crippen MR) is 58.6 cm³/mol. The Bertz CT molecular complexity index is 457. The zero-order valence-corrected chi connectivity index (χ0v) is 10.7. The van der Waals surface area contributed by atoms with Crippen LogP contribution in [0.3, 0.4) is 0 Å². The molecule has 16 heavy (non-hydrogen) atoms. The van der Waals surface area contributed by atoms with E-state index in [0.717, 1.165) is 12.2 Å². The molecule has 0 unspecified atom stereocenters. The minimum atomic E-state index is 0. The fourth-order valence-corrected chi connectivity index (χ4v) is 1.57. The minimum Gasteiger partial charge on any atom is -1.00 e. The first-order valence-electron chi connectivity index (χ1n) is 4.99. The van der Waals surface area contributed by atoms with Crippen molar-refractivity contribution < 1.29 is 26.7 Å². The van der Waals surface area contributed by atoms with Gasteiger partial charge < -0.3 is 22.1 Å². The molecule has 3 heteroatoms. The van der Waals surface area contributed by atoms with Crippen molar-refractivity contribution in [3.05, 3.63) is 59.9 Å². The Morgan fingerprint density at radius 2 is 1.75 bits per heavy atom. The summed E-state index contributed by atoms with van der Waals surface area (Å²) in [7, 11) is 0. The van der Waals surface area contributed by atoms with Gasteiger partial charge in [-0.2, -0.15) is 4.57 Å². The molecule has 0 fully saturated rings. The van der Waals surface area contributed by atoms with Crippen LogP contribution in [0.1, 0.15) is 11.3 Å². The van der Waals surface area contributed by atoms with Gasteiger partial charge in [0.05, 0.1) is 0 Å². The topological polar surface area (TPSA) is 24.1 Å². The fraction of sp³-hybridized carbons (Fsp3) is 0.154. The van der Waals surface area contributed by atoms with Crippen LogP contribution in [0, 0.1) is 6.92 Å². The van der Waals surface area contributed by atoms with Crippen molar-refractivity contribution >= 4 is 0 Å². The lowest BCUT2D eigenvalue weighted by Gasteiger charge is -2.01. The van der Waals surface area contributed by atoms with E-state index in [9.17, 15) is 5.11 Å². The van der Waals surface area contributed by atoms with Gasteiger partial charge in [-0.25, -0.2) is 0 Å². The highest BCUT2D eigenvalue weighted by Crippen LogP contribution is 2.09. The molecular weight excluding hydrogens is 266 g/mol. The van der Waals surface area contributed by atoms with Crippen LogP contribution < -0.4 is 21.5 Å². The Morgan fingerprint density at radius 3 is 2.44 bits per heavy atom. The molecule has 1 N–H and O–H groups in total. The summed E-state index contributed by atoms with van der Waals surface area (Å²) in [4.78, 5) is 0. The number of pyridine rings is 1. The Morgan fingerprint density at radius 1 is 1.06 bits per heavy atom. The Labute approximate surface area is 106 Å². The highest BCUT2D eigenvalue weighted by Gasteiger charge is 2.10. The van der Waals surface area contributed by atoms with E-state index in [1.165, 1.54) is 5.56 Å². The molecule has 0 bridgehead atoms. The highest BCUT2D eigenvalue weighted by atomic mass is 79.9. The quantitative estimate of drug-likeness (QED) is 0.704. The minimum absolute atomic E-state index is 0. The molecule has 0 aliphatic heterocycles. The van der Waals surface area contributed by atoms with Crippen molar-refractivity contribution in [3.8, 4) is 5.75 Å². The lowest BCUT2D eigenvalue weighted by Crippen LogP contribution is -3.00. The van der Waals surface area contributed by atoms with E-state index < -0.39 is 0 Å². The van der Waals surface area contributed by atoms with Crippen LogP contribution in [0.2, 0.25) is 0 Å². The monoisotopic (exact) mass is 279 g/mol. The molecule has 0 saturated heterocycles. The van der Waals surface area contributed by atoms with Crippen LogP contribution in [0.4, 0.5) is 0 Å². The maximum Gasteiger partial charge on any atom is 0.220 e. The molecule has 0 atom stereocenters. The van der Waals surface area contributed by atoms with E-state index in [1.807, 2.05) is 42.0 Å². The van der Waals surface area contributed by atoms with Crippen molar-refractivity contribution in [2.24, 2.45) is 0 Å². The molecule has 1 heterocycles. The first-order valence-corrected chi connectivity index (χ1v) is 4.99. The molecule has 1 aromatic carbocycles. The number of hydrogen-bond donors (Lipinski definition) is 1. The van der Waals surface area contributed by atoms with E-state index in [0.29, 0.717) is 5.75 Å². The summed E-state index contributed by atoms with van der Waals surface area (Å²) in [6, 6.07) is 13.8. The molecule has 0 saturated carbocycles. The van der Waals surface area contributed by atoms with Crippen LogP contribution >= 0.6 is 0 Å². The maximum atomic E-state index is 9.56. The van der Waals surface area contributed by atoms with Crippen LogP contribution in [0.25, 0.3) is 0 Å². The van der Waals surface area contributed by atoms with E-state index in [2.05, 4.69) is 12.1 Å². The molecule has 2 aromatic rings. The van der Waals surface area contributed by atoms with Gasteiger partial charge in [0.2, 0.25) is 5.69 Å². The van der Waals surface area contributed by atoms with E-state index in [-0.39, 0.29) is 17.0 Å². The molecule has 0 spiro atoms. The zero-order chi connectivity index (χ0) is 10.7. The average molecular weight is 280 g/mol. The summed E-state index contributed by atoms with van der Waals surface area (Å²) in [5.74, 6) is 0.341. The number of hydrogen-bond acceptors (Lipinski definition) is 1. The largest absolute Gasteiger partial charge is 1.00 e. The van der Waals surface area contributed by atoms with Crippen LogP contribution in [-0.4, -0.2) is 5.11 Å². The SMILES string of the molecule is Cc1c(O)ccc[n+]1Cc1ccccc1.[Br-]. The molecule has 0 radical (unpaired) electrons. The molecule has 2 nitrogen and oxygen atoms in total.